The fourth-order valence-corrected chi connectivity index (χ4v) is 4.67. The number of likely N-dealkylation sites (N-methyl/N-ethyl adjacent to an activating group) is 1. The Morgan fingerprint density at radius 3 is 3.00 bits per heavy atom. The van der Waals surface area contributed by atoms with Crippen LogP contribution in [0.5, 0.6) is 5.75 Å². The number of carbonyl (C=O) groups excluding carboxylic acids is 1. The van der Waals surface area contributed by atoms with Gasteiger partial charge in [-0.15, -0.1) is 0 Å². The highest BCUT2D eigenvalue weighted by molar-refractivity contribution is 5.89. The van der Waals surface area contributed by atoms with E-state index in [1.807, 2.05) is 0 Å². The molecular weight excluding hydrogens is 348 g/mol. The first-order chi connectivity index (χ1) is 13.6. The number of ketones is 1. The predicted octanol–water partition coefficient (Wildman–Crippen LogP) is 3.83. The smallest absolute Gasteiger partial charge is 0.156 e. The molecule has 1 aliphatic carbocycles. The highest BCUT2D eigenvalue weighted by Crippen LogP contribution is 2.36. The summed E-state index contributed by atoms with van der Waals surface area (Å²) in [5, 5.41) is 3.21. The van der Waals surface area contributed by atoms with Gasteiger partial charge in [0.2, 0.25) is 0 Å². The Hall–Kier alpha value is -2.33. The number of nitrogens with one attached hydrogen (secondary N) is 1. The van der Waals surface area contributed by atoms with Crippen LogP contribution in [0.3, 0.4) is 0 Å². The molecule has 0 amide bonds. The summed E-state index contributed by atoms with van der Waals surface area (Å²) in [5.41, 5.74) is 6.44. The molecule has 1 heterocycles. The van der Waals surface area contributed by atoms with Gasteiger partial charge in [0.05, 0.1) is 13.7 Å². The zero-order chi connectivity index (χ0) is 19.5. The van der Waals surface area contributed by atoms with Gasteiger partial charge in [0.25, 0.3) is 0 Å². The molecule has 2 aromatic rings. The second kappa shape index (κ2) is 8.36. The monoisotopic (exact) mass is 378 g/mol. The first-order valence-electron chi connectivity index (χ1n) is 10.4. The lowest BCUT2D eigenvalue weighted by molar-refractivity contribution is -0.117. The van der Waals surface area contributed by atoms with Gasteiger partial charge in [-0.2, -0.15) is 0 Å². The molecular formula is C24H30N2O2. The van der Waals surface area contributed by atoms with Crippen molar-refractivity contribution in [3.8, 4) is 5.75 Å². The lowest BCUT2D eigenvalue weighted by Gasteiger charge is -2.30. The Bertz CT molecular complexity index is 862. The van der Waals surface area contributed by atoms with Gasteiger partial charge < -0.3 is 15.0 Å². The lowest BCUT2D eigenvalue weighted by Crippen LogP contribution is -2.29. The van der Waals surface area contributed by atoms with Crippen LogP contribution < -0.4 is 10.1 Å². The van der Waals surface area contributed by atoms with Gasteiger partial charge in [0.15, 0.2) is 5.78 Å². The summed E-state index contributed by atoms with van der Waals surface area (Å²) in [7, 11) is 3.99. The van der Waals surface area contributed by atoms with Crippen LogP contribution in [0.2, 0.25) is 0 Å². The van der Waals surface area contributed by atoms with Gasteiger partial charge >= 0.3 is 0 Å². The van der Waals surface area contributed by atoms with Crippen molar-refractivity contribution in [3.05, 3.63) is 58.7 Å². The minimum Gasteiger partial charge on any atom is -0.496 e. The molecule has 0 spiro atoms. The Morgan fingerprint density at radius 1 is 1.25 bits per heavy atom. The minimum absolute atomic E-state index is 0.271. The quantitative estimate of drug-likeness (QED) is 0.830. The maximum atomic E-state index is 11.7. The normalized spacial score (nSPS) is 18.4. The number of methoxy groups -OCH3 is 1. The summed E-state index contributed by atoms with van der Waals surface area (Å²) in [5.74, 6) is 1.89. The Labute approximate surface area is 167 Å². The van der Waals surface area contributed by atoms with Gasteiger partial charge in [-0.05, 0) is 73.0 Å². The Balaban J connectivity index is 1.38. The highest BCUT2D eigenvalue weighted by atomic mass is 16.5. The molecule has 1 aliphatic heterocycles. The van der Waals surface area contributed by atoms with Crippen molar-refractivity contribution in [1.29, 1.82) is 0 Å². The van der Waals surface area contributed by atoms with Crippen LogP contribution in [-0.2, 0) is 24.1 Å². The first kappa shape index (κ1) is 19.0. The number of benzene rings is 2. The van der Waals surface area contributed by atoms with Crippen LogP contribution in [-0.4, -0.2) is 44.5 Å². The zero-order valence-corrected chi connectivity index (χ0v) is 17.0. The molecule has 0 fully saturated rings. The summed E-state index contributed by atoms with van der Waals surface area (Å²) in [6.07, 6.45) is 5.18. The molecule has 1 unspecified atom stereocenters. The molecule has 1 N–H and O–H groups in total. The van der Waals surface area contributed by atoms with E-state index < -0.39 is 0 Å². The summed E-state index contributed by atoms with van der Waals surface area (Å²) >= 11 is 0. The first-order valence-corrected chi connectivity index (χ1v) is 10.4. The van der Waals surface area contributed by atoms with Crippen LogP contribution >= 0.6 is 0 Å². The van der Waals surface area contributed by atoms with Crippen molar-refractivity contribution < 1.29 is 9.53 Å². The van der Waals surface area contributed by atoms with Gasteiger partial charge in [-0.25, -0.2) is 0 Å². The molecule has 0 saturated heterocycles. The maximum absolute atomic E-state index is 11.7. The van der Waals surface area contributed by atoms with Crippen LogP contribution in [0.25, 0.3) is 0 Å². The molecule has 2 aromatic carbocycles. The highest BCUT2D eigenvalue weighted by Gasteiger charge is 2.23. The van der Waals surface area contributed by atoms with Crippen molar-refractivity contribution in [1.82, 2.24) is 4.90 Å². The number of carbonyl (C=O) groups is 1. The number of rotatable bonds is 6. The molecule has 0 radical (unpaired) electrons. The molecule has 1 atom stereocenters. The maximum Gasteiger partial charge on any atom is 0.156 e. The standard InChI is InChI=1S/C24H30N2O2/c1-26(12-11-17-9-10-23-19(13-17)14-20(27)15-25-23)16-18-5-3-7-22-21(18)6-4-8-24(22)28-2/h4,6,8-10,13,18,25H,3,5,7,11-12,14-16H2,1-2H3. The van der Waals surface area contributed by atoms with Crippen molar-refractivity contribution in [2.24, 2.45) is 0 Å². The molecule has 28 heavy (non-hydrogen) atoms. The second-order valence-electron chi connectivity index (χ2n) is 8.19. The molecule has 0 saturated carbocycles. The summed E-state index contributed by atoms with van der Waals surface area (Å²) in [6.45, 7) is 2.56. The van der Waals surface area contributed by atoms with Crippen LogP contribution in [0, 0.1) is 0 Å². The van der Waals surface area contributed by atoms with E-state index in [0.717, 1.165) is 42.9 Å². The third-order valence-corrected chi connectivity index (χ3v) is 6.16. The number of hydrogen-bond donors (Lipinski definition) is 1. The van der Waals surface area contributed by atoms with Crippen LogP contribution in [0.1, 0.15) is 41.0 Å². The molecule has 2 aliphatic rings. The largest absolute Gasteiger partial charge is 0.496 e. The van der Waals surface area contributed by atoms with E-state index in [9.17, 15) is 4.79 Å². The molecule has 148 valence electrons. The Morgan fingerprint density at radius 2 is 2.14 bits per heavy atom. The van der Waals surface area contributed by atoms with E-state index in [-0.39, 0.29) is 5.78 Å². The van der Waals surface area contributed by atoms with E-state index in [2.05, 4.69) is 53.7 Å². The summed E-state index contributed by atoms with van der Waals surface area (Å²) < 4.78 is 5.58. The minimum atomic E-state index is 0.271. The SMILES string of the molecule is COc1cccc2c1CCCC2CN(C)CCc1ccc2c(c1)CC(=O)CN2. The summed E-state index contributed by atoms with van der Waals surface area (Å²) in [6, 6.07) is 13.0. The van der Waals surface area contributed by atoms with E-state index in [4.69, 9.17) is 4.74 Å². The van der Waals surface area contributed by atoms with Gasteiger partial charge in [0, 0.05) is 25.2 Å². The van der Waals surface area contributed by atoms with E-state index in [1.54, 1.807) is 7.11 Å². The number of nitrogens with zero attached hydrogens (tertiary/aromatic N) is 1. The van der Waals surface area contributed by atoms with Gasteiger partial charge in [0.1, 0.15) is 5.75 Å². The van der Waals surface area contributed by atoms with E-state index >= 15 is 0 Å². The number of fused-ring (bicyclic) bond motifs is 2. The summed E-state index contributed by atoms with van der Waals surface area (Å²) in [4.78, 5) is 14.1. The van der Waals surface area contributed by atoms with Crippen molar-refractivity contribution >= 4 is 11.5 Å². The topological polar surface area (TPSA) is 41.6 Å². The molecule has 0 aromatic heterocycles. The number of Topliss-reactive ketones (excluding diaryl/α,β-unsaturated/α-hetero) is 1. The molecule has 4 rings (SSSR count). The lowest BCUT2D eigenvalue weighted by atomic mass is 9.82. The average Bonchev–Trinajstić information content (AvgIpc) is 2.71. The molecule has 4 nitrogen and oxygen atoms in total. The number of ether oxygens (including phenoxy) is 1. The molecule has 0 bridgehead atoms. The van der Waals surface area contributed by atoms with E-state index in [1.165, 1.54) is 29.5 Å². The third kappa shape index (κ3) is 4.07. The number of anilines is 1. The van der Waals surface area contributed by atoms with Crippen molar-refractivity contribution in [2.45, 2.75) is 38.0 Å². The van der Waals surface area contributed by atoms with Crippen molar-refractivity contribution in [2.75, 3.05) is 39.1 Å². The fraction of sp³-hybridized carbons (Fsp3) is 0.458. The molecule has 4 heteroatoms. The third-order valence-electron chi connectivity index (χ3n) is 6.16. The van der Waals surface area contributed by atoms with Gasteiger partial charge in [-0.3, -0.25) is 4.79 Å². The van der Waals surface area contributed by atoms with Crippen LogP contribution in [0.15, 0.2) is 36.4 Å². The second-order valence-corrected chi connectivity index (χ2v) is 8.19. The van der Waals surface area contributed by atoms with Crippen molar-refractivity contribution in [3.63, 3.8) is 0 Å². The Kier molecular flexibility index (Phi) is 5.67. The predicted molar refractivity (Wildman–Crippen MR) is 114 cm³/mol. The fourth-order valence-electron chi connectivity index (χ4n) is 4.67. The number of hydrogen-bond acceptors (Lipinski definition) is 4. The average molecular weight is 379 g/mol. The van der Waals surface area contributed by atoms with E-state index in [0.29, 0.717) is 18.9 Å². The van der Waals surface area contributed by atoms with Gasteiger partial charge in [-0.1, -0.05) is 24.3 Å². The zero-order valence-electron chi connectivity index (χ0n) is 17.0. The van der Waals surface area contributed by atoms with Crippen LogP contribution in [0.4, 0.5) is 5.69 Å².